The molecule has 2 atom stereocenters. The molecule has 0 spiro atoms. The molecule has 2 nitrogen and oxygen atoms in total. The highest BCUT2D eigenvalue weighted by Gasteiger charge is 2.21. The molecular weight excluding hydrogens is 258 g/mol. The van der Waals surface area contributed by atoms with Gasteiger partial charge in [-0.05, 0) is 36.0 Å². The first-order valence-electron chi connectivity index (χ1n) is 7.14. The summed E-state index contributed by atoms with van der Waals surface area (Å²) in [5.41, 5.74) is 1.76. The van der Waals surface area contributed by atoms with E-state index in [1.165, 1.54) is 25.7 Å². The standard InChI is InChI=1S/C16H22ClNO/c1-12-4-2-3-5-15(12)11-18-16(19)14-8-6-13(10-17)7-9-14/h6-9,12,15H,2-5,10-11H2,1H3,(H,18,19). The second kappa shape index (κ2) is 6.95. The topological polar surface area (TPSA) is 29.1 Å². The van der Waals surface area contributed by atoms with Crippen LogP contribution in [-0.4, -0.2) is 12.5 Å². The molecule has 1 aliphatic carbocycles. The summed E-state index contributed by atoms with van der Waals surface area (Å²) in [5, 5.41) is 3.06. The van der Waals surface area contributed by atoms with Crippen molar-refractivity contribution in [2.45, 2.75) is 38.5 Å². The van der Waals surface area contributed by atoms with Gasteiger partial charge in [-0.15, -0.1) is 11.6 Å². The molecule has 2 rings (SSSR count). The molecule has 1 amide bonds. The molecule has 0 bridgehead atoms. The third-order valence-electron chi connectivity index (χ3n) is 4.18. The summed E-state index contributed by atoms with van der Waals surface area (Å²) in [6.07, 6.45) is 5.18. The lowest BCUT2D eigenvalue weighted by Crippen LogP contribution is -2.33. The maximum atomic E-state index is 12.0. The zero-order valence-corrected chi connectivity index (χ0v) is 12.2. The predicted molar refractivity (Wildman–Crippen MR) is 79.5 cm³/mol. The Morgan fingerprint density at radius 3 is 2.58 bits per heavy atom. The molecule has 0 heterocycles. The van der Waals surface area contributed by atoms with Crippen LogP contribution in [0.25, 0.3) is 0 Å². The van der Waals surface area contributed by atoms with Crippen LogP contribution in [0.3, 0.4) is 0 Å². The van der Waals surface area contributed by atoms with Crippen LogP contribution in [0.15, 0.2) is 24.3 Å². The number of alkyl halides is 1. The Morgan fingerprint density at radius 2 is 1.95 bits per heavy atom. The monoisotopic (exact) mass is 279 g/mol. The summed E-state index contributed by atoms with van der Waals surface area (Å²) >= 11 is 5.74. The van der Waals surface area contributed by atoms with E-state index < -0.39 is 0 Å². The van der Waals surface area contributed by atoms with Crippen LogP contribution in [0.2, 0.25) is 0 Å². The predicted octanol–water partition coefficient (Wildman–Crippen LogP) is 3.98. The maximum absolute atomic E-state index is 12.0. The van der Waals surface area contributed by atoms with Gasteiger partial charge in [0.1, 0.15) is 0 Å². The van der Waals surface area contributed by atoms with Gasteiger partial charge in [-0.3, -0.25) is 4.79 Å². The minimum absolute atomic E-state index is 0.0268. The number of hydrogen-bond acceptors (Lipinski definition) is 1. The van der Waals surface area contributed by atoms with Crippen molar-refractivity contribution >= 4 is 17.5 Å². The van der Waals surface area contributed by atoms with E-state index in [1.54, 1.807) is 0 Å². The van der Waals surface area contributed by atoms with Crippen molar-refractivity contribution in [1.82, 2.24) is 5.32 Å². The van der Waals surface area contributed by atoms with Gasteiger partial charge in [0.25, 0.3) is 5.91 Å². The molecule has 0 saturated heterocycles. The third-order valence-corrected chi connectivity index (χ3v) is 4.49. The van der Waals surface area contributed by atoms with Crippen molar-refractivity contribution in [1.29, 1.82) is 0 Å². The fourth-order valence-electron chi connectivity index (χ4n) is 2.77. The van der Waals surface area contributed by atoms with E-state index in [9.17, 15) is 4.79 Å². The van der Waals surface area contributed by atoms with Gasteiger partial charge >= 0.3 is 0 Å². The van der Waals surface area contributed by atoms with Gasteiger partial charge in [0, 0.05) is 18.0 Å². The van der Waals surface area contributed by atoms with Crippen LogP contribution in [0, 0.1) is 11.8 Å². The van der Waals surface area contributed by atoms with Crippen LogP contribution in [0.4, 0.5) is 0 Å². The summed E-state index contributed by atoms with van der Waals surface area (Å²) in [6, 6.07) is 7.50. The van der Waals surface area contributed by atoms with Crippen molar-refractivity contribution in [3.63, 3.8) is 0 Å². The number of halogens is 1. The first-order valence-corrected chi connectivity index (χ1v) is 7.67. The summed E-state index contributed by atoms with van der Waals surface area (Å²) < 4.78 is 0. The summed E-state index contributed by atoms with van der Waals surface area (Å²) in [4.78, 5) is 12.0. The molecule has 1 N–H and O–H groups in total. The molecule has 104 valence electrons. The zero-order chi connectivity index (χ0) is 13.7. The van der Waals surface area contributed by atoms with Crippen molar-refractivity contribution in [3.8, 4) is 0 Å². The van der Waals surface area contributed by atoms with E-state index in [2.05, 4.69) is 12.2 Å². The van der Waals surface area contributed by atoms with E-state index in [-0.39, 0.29) is 5.91 Å². The molecule has 1 aromatic carbocycles. The average Bonchev–Trinajstić information content (AvgIpc) is 2.46. The molecular formula is C16H22ClNO. The van der Waals surface area contributed by atoms with Crippen LogP contribution < -0.4 is 5.32 Å². The van der Waals surface area contributed by atoms with E-state index in [4.69, 9.17) is 11.6 Å². The molecule has 1 aromatic rings. The van der Waals surface area contributed by atoms with Crippen molar-refractivity contribution < 1.29 is 4.79 Å². The lowest BCUT2D eigenvalue weighted by atomic mass is 9.80. The molecule has 0 aliphatic heterocycles. The van der Waals surface area contributed by atoms with Crippen LogP contribution in [-0.2, 0) is 5.88 Å². The zero-order valence-electron chi connectivity index (χ0n) is 11.5. The van der Waals surface area contributed by atoms with Gasteiger partial charge in [-0.25, -0.2) is 0 Å². The van der Waals surface area contributed by atoms with Crippen molar-refractivity contribution in [2.75, 3.05) is 6.54 Å². The van der Waals surface area contributed by atoms with E-state index in [0.29, 0.717) is 11.8 Å². The van der Waals surface area contributed by atoms with Gasteiger partial charge < -0.3 is 5.32 Å². The molecule has 0 aromatic heterocycles. The van der Waals surface area contributed by atoms with E-state index >= 15 is 0 Å². The number of carbonyl (C=O) groups is 1. The molecule has 1 fully saturated rings. The van der Waals surface area contributed by atoms with E-state index in [0.717, 1.165) is 23.6 Å². The fourth-order valence-corrected chi connectivity index (χ4v) is 2.95. The van der Waals surface area contributed by atoms with Gasteiger partial charge in [-0.1, -0.05) is 38.3 Å². The highest BCUT2D eigenvalue weighted by molar-refractivity contribution is 6.17. The van der Waals surface area contributed by atoms with Crippen molar-refractivity contribution in [3.05, 3.63) is 35.4 Å². The number of benzene rings is 1. The Hall–Kier alpha value is -1.02. The van der Waals surface area contributed by atoms with Crippen molar-refractivity contribution in [2.24, 2.45) is 11.8 Å². The highest BCUT2D eigenvalue weighted by Crippen LogP contribution is 2.28. The normalized spacial score (nSPS) is 23.1. The first kappa shape index (κ1) is 14.4. The number of rotatable bonds is 4. The lowest BCUT2D eigenvalue weighted by molar-refractivity contribution is 0.0936. The highest BCUT2D eigenvalue weighted by atomic mass is 35.5. The third kappa shape index (κ3) is 3.97. The first-order chi connectivity index (χ1) is 9.20. The number of nitrogens with one attached hydrogen (secondary N) is 1. The van der Waals surface area contributed by atoms with Crippen LogP contribution in [0.1, 0.15) is 48.5 Å². The fraction of sp³-hybridized carbons (Fsp3) is 0.562. The number of amides is 1. The Balaban J connectivity index is 1.86. The second-order valence-corrected chi connectivity index (χ2v) is 5.83. The van der Waals surface area contributed by atoms with Crippen LogP contribution in [0.5, 0.6) is 0 Å². The summed E-state index contributed by atoms with van der Waals surface area (Å²) in [5.74, 6) is 1.88. The molecule has 2 unspecified atom stereocenters. The Morgan fingerprint density at radius 1 is 1.26 bits per heavy atom. The van der Waals surface area contributed by atoms with Gasteiger partial charge in [0.2, 0.25) is 0 Å². The average molecular weight is 280 g/mol. The smallest absolute Gasteiger partial charge is 0.251 e. The minimum atomic E-state index is 0.0268. The second-order valence-electron chi connectivity index (χ2n) is 5.56. The summed E-state index contributed by atoms with van der Waals surface area (Å²) in [6.45, 7) is 3.10. The maximum Gasteiger partial charge on any atom is 0.251 e. The van der Waals surface area contributed by atoms with Gasteiger partial charge in [-0.2, -0.15) is 0 Å². The molecule has 0 radical (unpaired) electrons. The molecule has 1 saturated carbocycles. The number of carbonyl (C=O) groups excluding carboxylic acids is 1. The molecule has 19 heavy (non-hydrogen) atoms. The minimum Gasteiger partial charge on any atom is -0.352 e. The lowest BCUT2D eigenvalue weighted by Gasteiger charge is -2.28. The Kier molecular flexibility index (Phi) is 5.26. The van der Waals surface area contributed by atoms with Crippen LogP contribution >= 0.6 is 11.6 Å². The number of hydrogen-bond donors (Lipinski definition) is 1. The summed E-state index contributed by atoms with van der Waals surface area (Å²) in [7, 11) is 0. The van der Waals surface area contributed by atoms with E-state index in [1.807, 2.05) is 24.3 Å². The molecule has 1 aliphatic rings. The molecule has 3 heteroatoms. The Bertz CT molecular complexity index is 415. The SMILES string of the molecule is CC1CCCCC1CNC(=O)c1ccc(CCl)cc1. The quantitative estimate of drug-likeness (QED) is 0.830. The Labute approximate surface area is 120 Å². The largest absolute Gasteiger partial charge is 0.352 e. The van der Waals surface area contributed by atoms with Gasteiger partial charge in [0.05, 0.1) is 0 Å². The van der Waals surface area contributed by atoms with Gasteiger partial charge in [0.15, 0.2) is 0 Å².